The third-order valence-electron chi connectivity index (χ3n) is 18.0. The molecule has 0 aliphatic heterocycles. The number of hydrogen-bond acceptors (Lipinski definition) is 22. The molecule has 0 aliphatic rings. The Morgan fingerprint density at radius 1 is 0.383 bits per heavy atom. The zero-order valence-corrected chi connectivity index (χ0v) is 70.0. The summed E-state index contributed by atoms with van der Waals surface area (Å²) in [7, 11) is 0.814. The summed E-state index contributed by atoms with van der Waals surface area (Å²) in [6.45, 7) is 14.3. The van der Waals surface area contributed by atoms with Gasteiger partial charge in [0.2, 0.25) is 27.9 Å². The number of ether oxygens (including phenoxy) is 3. The quantitative estimate of drug-likeness (QED) is 0.0310. The molecule has 0 saturated carbocycles. The molecule has 6 N–H and O–H groups in total. The van der Waals surface area contributed by atoms with Gasteiger partial charge in [-0.3, -0.25) is 0 Å². The first kappa shape index (κ1) is 86.1. The molecule has 9 aromatic carbocycles. The number of sulfonamides is 1. The number of anilines is 13. The fourth-order valence-corrected chi connectivity index (χ4v) is 15.7. The first-order valence-electron chi connectivity index (χ1n) is 35.5. The monoisotopic (exact) mass is 1680 g/mol. The number of nitrogens with one attached hydrogen (secondary N) is 6. The van der Waals surface area contributed by atoms with E-state index in [2.05, 4.69) is 91.8 Å². The highest BCUT2D eigenvalue weighted by Crippen LogP contribution is 2.42. The van der Waals surface area contributed by atoms with Crippen LogP contribution >= 0.6 is 34.8 Å². The van der Waals surface area contributed by atoms with E-state index in [0.29, 0.717) is 62.5 Å². The van der Waals surface area contributed by atoms with Gasteiger partial charge in [0.15, 0.2) is 37.1 Å². The van der Waals surface area contributed by atoms with Crippen molar-refractivity contribution in [2.24, 2.45) is 0 Å². The lowest BCUT2D eigenvalue weighted by Crippen LogP contribution is -2.23. The Morgan fingerprint density at radius 2 is 0.739 bits per heavy atom. The van der Waals surface area contributed by atoms with E-state index >= 15 is 0 Å². The summed E-state index contributed by atoms with van der Waals surface area (Å²) in [6.07, 6.45) is 4.25. The number of para-hydroxylation sites is 3. The summed E-state index contributed by atoms with van der Waals surface area (Å²) in [5, 5.41) is 17.9. The molecule has 12 rings (SSSR count). The Bertz CT molecular complexity index is 5960. The molecule has 0 fully saturated rings. The Labute approximate surface area is 682 Å². The summed E-state index contributed by atoms with van der Waals surface area (Å²) in [5.74, 6) is 1.19. The molecule has 0 unspecified atom stereocenters. The first-order valence-corrected chi connectivity index (χ1v) is 41.1. The normalized spacial score (nSPS) is 11.4. The molecule has 0 aliphatic carbocycles. The van der Waals surface area contributed by atoms with Crippen molar-refractivity contribution in [2.75, 3.05) is 86.3 Å². The number of aromatic nitrogens is 6. The van der Waals surface area contributed by atoms with E-state index in [4.69, 9.17) is 49.0 Å². The average molecular weight is 1680 g/mol. The highest BCUT2D eigenvalue weighted by atomic mass is 35.5. The molecule has 32 heteroatoms. The largest absolute Gasteiger partial charge is 0.495 e. The summed E-state index contributed by atoms with van der Waals surface area (Å²) in [4.78, 5) is 28.7. The van der Waals surface area contributed by atoms with Crippen LogP contribution in [0.1, 0.15) is 49.9 Å². The fraction of sp³-hybridized carbons (Fsp3) is 0.205. The number of nitrogens with zero attached hydrogens (tertiary/aromatic N) is 8. The third-order valence-corrected chi connectivity index (χ3v) is 25.1. The molecule has 3 heterocycles. The van der Waals surface area contributed by atoms with Crippen molar-refractivity contribution in [3.63, 3.8) is 0 Å². The lowest BCUT2D eigenvalue weighted by molar-refractivity contribution is 0.417. The maximum absolute atomic E-state index is 14.4. The zero-order valence-electron chi connectivity index (χ0n) is 65.3. The van der Waals surface area contributed by atoms with Gasteiger partial charge in [-0.2, -0.15) is 15.0 Å². The Balaban J connectivity index is 0.000000182. The van der Waals surface area contributed by atoms with Crippen LogP contribution in [0.4, 0.5) is 88.3 Å². The standard InChI is InChI=1S/C29H33ClN6O3S.C27H25ClF2N4O3S.C27H26ClFN4O3S/c1-18-15-24(26(39-7)16-21(18)20-12-13-25(35(3)4)19(2)14-20)33-29-31-17-22(30)28(34-29)32-23-10-8-9-11-27(23)40(37,38)36(5)6;1-15(2)38(35,36)25-8-6-5-7-22(25)32-26-20(28)14-31-27(34-26)33-23-11-16(3)19(13-24(23)37-4)18-10-9-17(29)12-21(18)30;1-16(2)37(34,35)25-8-6-5-7-22(25)31-26-21(28)15-30-27(33-26)32-23-13-17(3)20(14-24(23)36-4)18-9-11-19(29)12-10-18/h8-17H,1-7H3,(H2,31,32,33,34);5-15H,1-4H3,(H2,31,32,33,34);5-16H,1-4H3,(H2,30,31,32,33). The summed E-state index contributed by atoms with van der Waals surface area (Å²) in [5.41, 5.74) is 12.5. The molecule has 0 spiro atoms. The van der Waals surface area contributed by atoms with Crippen molar-refractivity contribution in [1.82, 2.24) is 34.2 Å². The van der Waals surface area contributed by atoms with Crippen LogP contribution in [0.3, 0.4) is 0 Å². The Hall–Kier alpha value is -11.3. The van der Waals surface area contributed by atoms with Crippen LogP contribution < -0.4 is 51.0 Å². The minimum absolute atomic E-state index is 0.103. The number of aryl methyl sites for hydroxylation is 4. The van der Waals surface area contributed by atoms with Crippen molar-refractivity contribution >= 4 is 140 Å². The number of benzene rings is 9. The number of rotatable bonds is 25. The van der Waals surface area contributed by atoms with Gasteiger partial charge in [0.1, 0.15) is 54.7 Å². The predicted octanol–water partition coefficient (Wildman–Crippen LogP) is 20.2. The van der Waals surface area contributed by atoms with Crippen LogP contribution in [0, 0.1) is 45.1 Å². The molecule has 0 saturated heterocycles. The maximum Gasteiger partial charge on any atom is 0.244 e. The van der Waals surface area contributed by atoms with Gasteiger partial charge in [-0.25, -0.2) is 57.7 Å². The van der Waals surface area contributed by atoms with E-state index in [0.717, 1.165) is 49.4 Å². The number of halogens is 6. The molecule has 0 atom stereocenters. The summed E-state index contributed by atoms with van der Waals surface area (Å²) in [6, 6.07) is 46.7. The molecule has 0 radical (unpaired) electrons. The molecule has 3 aromatic heterocycles. The smallest absolute Gasteiger partial charge is 0.244 e. The molecular formula is C83H84Cl3F3N14O9S3. The molecule has 115 heavy (non-hydrogen) atoms. The zero-order chi connectivity index (χ0) is 83.5. The van der Waals surface area contributed by atoms with Gasteiger partial charge in [-0.15, -0.1) is 0 Å². The van der Waals surface area contributed by atoms with E-state index < -0.39 is 51.8 Å². The van der Waals surface area contributed by atoms with Gasteiger partial charge in [0, 0.05) is 45.5 Å². The van der Waals surface area contributed by atoms with Crippen molar-refractivity contribution in [3.8, 4) is 50.6 Å². The Kier molecular flexibility index (Phi) is 27.6. The van der Waals surface area contributed by atoms with Crippen molar-refractivity contribution in [2.45, 2.75) is 80.6 Å². The van der Waals surface area contributed by atoms with Gasteiger partial charge in [-0.1, -0.05) is 89.4 Å². The highest BCUT2D eigenvalue weighted by molar-refractivity contribution is 7.92. The first-order chi connectivity index (χ1) is 54.5. The van der Waals surface area contributed by atoms with Crippen LogP contribution in [-0.4, -0.2) is 119 Å². The summed E-state index contributed by atoms with van der Waals surface area (Å²) >= 11 is 19.1. The molecule has 0 amide bonds. The van der Waals surface area contributed by atoms with E-state index in [-0.39, 0.29) is 76.4 Å². The van der Waals surface area contributed by atoms with Gasteiger partial charge in [0.25, 0.3) is 0 Å². The summed E-state index contributed by atoms with van der Waals surface area (Å²) < 4.78 is 136. The van der Waals surface area contributed by atoms with E-state index in [1.807, 2.05) is 52.2 Å². The van der Waals surface area contributed by atoms with Crippen molar-refractivity contribution < 1.29 is 52.6 Å². The lowest BCUT2D eigenvalue weighted by Gasteiger charge is -2.19. The maximum atomic E-state index is 14.4. The van der Waals surface area contributed by atoms with Crippen LogP contribution in [-0.2, 0) is 29.7 Å². The average Bonchev–Trinajstić information content (AvgIpc) is 0.811. The van der Waals surface area contributed by atoms with E-state index in [9.17, 15) is 38.4 Å². The number of sulfone groups is 2. The van der Waals surface area contributed by atoms with Crippen LogP contribution in [0.15, 0.2) is 203 Å². The lowest BCUT2D eigenvalue weighted by atomic mass is 9.97. The molecule has 23 nitrogen and oxygen atoms in total. The van der Waals surface area contributed by atoms with E-state index in [1.54, 1.807) is 134 Å². The van der Waals surface area contributed by atoms with E-state index in [1.165, 1.54) is 81.8 Å². The van der Waals surface area contributed by atoms with Crippen molar-refractivity contribution in [1.29, 1.82) is 0 Å². The fourth-order valence-electron chi connectivity index (χ4n) is 11.9. The Morgan fingerprint density at radius 3 is 1.11 bits per heavy atom. The minimum Gasteiger partial charge on any atom is -0.495 e. The second-order valence-corrected chi connectivity index (χ2v) is 35.3. The molecule has 12 aromatic rings. The third kappa shape index (κ3) is 20.3. The van der Waals surface area contributed by atoms with Gasteiger partial charge < -0.3 is 51.0 Å². The second-order valence-electron chi connectivity index (χ2n) is 27.0. The molecular weight excluding hydrogens is 1600 g/mol. The van der Waals surface area contributed by atoms with Gasteiger partial charge in [0.05, 0.1) is 94.3 Å². The highest BCUT2D eigenvalue weighted by Gasteiger charge is 2.27. The second kappa shape index (κ2) is 36.9. The minimum atomic E-state index is -3.70. The molecule has 0 bridgehead atoms. The number of methoxy groups -OCH3 is 3. The van der Waals surface area contributed by atoms with Crippen LogP contribution in [0.25, 0.3) is 33.4 Å². The van der Waals surface area contributed by atoms with Gasteiger partial charge in [-0.05, 0) is 215 Å². The van der Waals surface area contributed by atoms with Gasteiger partial charge >= 0.3 is 0 Å². The predicted molar refractivity (Wildman–Crippen MR) is 454 cm³/mol. The topological polar surface area (TPSA) is 286 Å². The van der Waals surface area contributed by atoms with Crippen molar-refractivity contribution in [3.05, 3.63) is 243 Å². The molecule has 600 valence electrons. The van der Waals surface area contributed by atoms with Crippen LogP contribution in [0.5, 0.6) is 17.2 Å². The van der Waals surface area contributed by atoms with Crippen LogP contribution in [0.2, 0.25) is 15.1 Å². The number of hydrogen-bond donors (Lipinski definition) is 6. The SMILES string of the molecule is COc1cc(-c2ccc(F)cc2)c(C)cc1Nc1ncc(Cl)c(Nc2ccccc2S(=O)(=O)C(C)C)n1.COc1cc(-c2ccc(F)cc2F)c(C)cc1Nc1ncc(Cl)c(Nc2ccccc2S(=O)(=O)C(C)C)n1.COc1cc(-c2ccc(N(C)C)c(C)c2)c(C)cc1Nc1ncc(Cl)c(Nc2ccccc2S(=O)(=O)N(C)C)n1.